The molecule has 1 aromatic heterocycles. The average molecular weight is 376 g/mol. The minimum atomic E-state index is -4.48. The maximum absolute atomic E-state index is 12.4. The van der Waals surface area contributed by atoms with E-state index in [1.54, 1.807) is 12.1 Å². The van der Waals surface area contributed by atoms with Crippen LogP contribution >= 0.6 is 0 Å². The summed E-state index contributed by atoms with van der Waals surface area (Å²) in [6, 6.07) is 6.86. The topological polar surface area (TPSA) is 88.4 Å². The Bertz CT molecular complexity index is 800. The fraction of sp³-hybridized carbons (Fsp3) is 0.267. The van der Waals surface area contributed by atoms with Crippen LogP contribution in [0.2, 0.25) is 0 Å². The summed E-state index contributed by atoms with van der Waals surface area (Å²) in [5.41, 5.74) is -0.859. The number of nitrogens with one attached hydrogen (secondary N) is 2. The van der Waals surface area contributed by atoms with Crippen LogP contribution in [0.25, 0.3) is 0 Å². The van der Waals surface area contributed by atoms with Gasteiger partial charge in [-0.1, -0.05) is 0 Å². The van der Waals surface area contributed by atoms with Crippen molar-refractivity contribution in [2.45, 2.75) is 12.7 Å². The van der Waals surface area contributed by atoms with E-state index in [4.69, 9.17) is 4.42 Å². The summed E-state index contributed by atoms with van der Waals surface area (Å²) >= 11 is 0. The standard InChI is InChI=1S/C15H15F3N2O4S/c16-15(17,18)12-5-3-11(4-6-12)14(21)19-7-9-25(22,23)20-10-13-2-1-8-24-13/h1-6,8,20H,7,9-10H2,(H,19,21). The Morgan fingerprint density at radius 1 is 1.12 bits per heavy atom. The van der Waals surface area contributed by atoms with Crippen LogP contribution < -0.4 is 10.0 Å². The predicted octanol–water partition coefficient (Wildman–Crippen LogP) is 2.15. The first-order valence-corrected chi connectivity index (χ1v) is 8.78. The fourth-order valence-electron chi connectivity index (χ4n) is 1.88. The lowest BCUT2D eigenvalue weighted by Crippen LogP contribution is -2.34. The van der Waals surface area contributed by atoms with Crippen LogP contribution in [-0.4, -0.2) is 26.6 Å². The van der Waals surface area contributed by atoms with Gasteiger partial charge >= 0.3 is 6.18 Å². The van der Waals surface area contributed by atoms with Crippen LogP contribution in [0.5, 0.6) is 0 Å². The van der Waals surface area contributed by atoms with Gasteiger partial charge in [-0.15, -0.1) is 0 Å². The molecule has 0 aliphatic heterocycles. The number of hydrogen-bond donors (Lipinski definition) is 2. The molecule has 6 nitrogen and oxygen atoms in total. The molecule has 0 unspecified atom stereocenters. The number of alkyl halides is 3. The molecule has 25 heavy (non-hydrogen) atoms. The molecule has 0 saturated carbocycles. The van der Waals surface area contributed by atoms with E-state index in [1.807, 2.05) is 0 Å². The molecule has 0 spiro atoms. The summed E-state index contributed by atoms with van der Waals surface area (Å²) in [6.07, 6.45) is -3.07. The molecular weight excluding hydrogens is 361 g/mol. The number of halogens is 3. The number of carbonyl (C=O) groups excluding carboxylic acids is 1. The van der Waals surface area contributed by atoms with Crippen molar-refractivity contribution in [3.63, 3.8) is 0 Å². The van der Waals surface area contributed by atoms with Gasteiger partial charge in [-0.25, -0.2) is 13.1 Å². The number of sulfonamides is 1. The zero-order valence-corrected chi connectivity index (χ0v) is 13.7. The maximum Gasteiger partial charge on any atom is 0.416 e. The highest BCUT2D eigenvalue weighted by molar-refractivity contribution is 7.89. The summed E-state index contributed by atoms with van der Waals surface area (Å²) in [5, 5.41) is 2.34. The molecule has 10 heteroatoms. The second-order valence-corrected chi connectivity index (χ2v) is 6.98. The Morgan fingerprint density at radius 2 is 1.80 bits per heavy atom. The third-order valence-corrected chi connectivity index (χ3v) is 4.50. The molecule has 2 N–H and O–H groups in total. The van der Waals surface area contributed by atoms with Crippen molar-refractivity contribution in [3.05, 3.63) is 59.5 Å². The number of carbonyl (C=O) groups is 1. The summed E-state index contributed by atoms with van der Waals surface area (Å²) in [5.74, 6) is -0.590. The highest BCUT2D eigenvalue weighted by atomic mass is 32.2. The molecular formula is C15H15F3N2O4S. The molecule has 0 atom stereocenters. The van der Waals surface area contributed by atoms with Gasteiger partial charge in [-0.2, -0.15) is 13.2 Å². The molecule has 1 heterocycles. The van der Waals surface area contributed by atoms with E-state index in [9.17, 15) is 26.4 Å². The Kier molecular flexibility index (Phi) is 5.85. The molecule has 0 saturated heterocycles. The molecule has 0 aliphatic carbocycles. The van der Waals surface area contributed by atoms with E-state index in [0.29, 0.717) is 5.76 Å². The summed E-state index contributed by atoms with van der Waals surface area (Å²) in [7, 11) is -3.64. The third-order valence-electron chi connectivity index (χ3n) is 3.18. The number of rotatable bonds is 7. The van der Waals surface area contributed by atoms with Crippen molar-refractivity contribution < 1.29 is 30.8 Å². The first-order chi connectivity index (χ1) is 11.7. The minimum Gasteiger partial charge on any atom is -0.468 e. The van der Waals surface area contributed by atoms with Gasteiger partial charge in [-0.3, -0.25) is 4.79 Å². The summed E-state index contributed by atoms with van der Waals surface area (Å²) < 4.78 is 68.2. The van der Waals surface area contributed by atoms with Crippen LogP contribution in [0.4, 0.5) is 13.2 Å². The van der Waals surface area contributed by atoms with Crippen LogP contribution in [-0.2, 0) is 22.7 Å². The van der Waals surface area contributed by atoms with Crippen LogP contribution in [0.1, 0.15) is 21.7 Å². The van der Waals surface area contributed by atoms with Gasteiger partial charge in [0.05, 0.1) is 24.1 Å². The number of furan rings is 1. The third kappa shape index (κ3) is 5.91. The zero-order valence-electron chi connectivity index (χ0n) is 12.8. The Balaban J connectivity index is 1.81. The molecule has 1 aromatic carbocycles. The van der Waals surface area contributed by atoms with E-state index in [-0.39, 0.29) is 24.4 Å². The highest BCUT2D eigenvalue weighted by Gasteiger charge is 2.30. The van der Waals surface area contributed by atoms with E-state index < -0.39 is 27.7 Å². The summed E-state index contributed by atoms with van der Waals surface area (Å²) in [4.78, 5) is 11.8. The van der Waals surface area contributed by atoms with E-state index in [1.165, 1.54) is 6.26 Å². The van der Waals surface area contributed by atoms with Crippen molar-refractivity contribution in [2.24, 2.45) is 0 Å². The second-order valence-electron chi connectivity index (χ2n) is 5.05. The molecule has 2 aromatic rings. The molecule has 0 radical (unpaired) electrons. The first kappa shape index (κ1) is 19.0. The van der Waals surface area contributed by atoms with Crippen LogP contribution in [0.3, 0.4) is 0 Å². The minimum absolute atomic E-state index is 0.00828. The van der Waals surface area contributed by atoms with E-state index in [0.717, 1.165) is 24.3 Å². The fourth-order valence-corrected chi connectivity index (χ4v) is 2.76. The van der Waals surface area contributed by atoms with Gasteiger partial charge in [-0.05, 0) is 36.4 Å². The number of amides is 1. The van der Waals surface area contributed by atoms with Crippen molar-refractivity contribution in [1.29, 1.82) is 0 Å². The monoisotopic (exact) mass is 376 g/mol. The number of benzene rings is 1. The smallest absolute Gasteiger partial charge is 0.416 e. The molecule has 2 rings (SSSR count). The van der Waals surface area contributed by atoms with Gasteiger partial charge in [0, 0.05) is 12.1 Å². The van der Waals surface area contributed by atoms with Crippen molar-refractivity contribution in [2.75, 3.05) is 12.3 Å². The van der Waals surface area contributed by atoms with Gasteiger partial charge in [0.25, 0.3) is 5.91 Å². The Morgan fingerprint density at radius 3 is 2.36 bits per heavy atom. The van der Waals surface area contributed by atoms with Crippen molar-refractivity contribution >= 4 is 15.9 Å². The van der Waals surface area contributed by atoms with E-state index in [2.05, 4.69) is 10.0 Å². The summed E-state index contributed by atoms with van der Waals surface area (Å²) in [6.45, 7) is -0.199. The lowest BCUT2D eigenvalue weighted by molar-refractivity contribution is -0.137. The second kappa shape index (κ2) is 7.70. The zero-order chi connectivity index (χ0) is 18.5. The molecule has 0 bridgehead atoms. The van der Waals surface area contributed by atoms with Crippen LogP contribution in [0, 0.1) is 0 Å². The molecule has 136 valence electrons. The van der Waals surface area contributed by atoms with Gasteiger partial charge < -0.3 is 9.73 Å². The van der Waals surface area contributed by atoms with Gasteiger partial charge in [0.2, 0.25) is 10.0 Å². The average Bonchev–Trinajstić information content (AvgIpc) is 3.06. The maximum atomic E-state index is 12.4. The SMILES string of the molecule is O=C(NCCS(=O)(=O)NCc1ccco1)c1ccc(C(F)(F)F)cc1. The lowest BCUT2D eigenvalue weighted by Gasteiger charge is -2.09. The molecule has 0 aliphatic rings. The molecule has 1 amide bonds. The van der Waals surface area contributed by atoms with E-state index >= 15 is 0 Å². The van der Waals surface area contributed by atoms with Crippen LogP contribution in [0.15, 0.2) is 47.1 Å². The largest absolute Gasteiger partial charge is 0.468 e. The predicted molar refractivity (Wildman–Crippen MR) is 83.1 cm³/mol. The highest BCUT2D eigenvalue weighted by Crippen LogP contribution is 2.29. The lowest BCUT2D eigenvalue weighted by atomic mass is 10.1. The Hall–Kier alpha value is -2.33. The normalized spacial score (nSPS) is 12.1. The molecule has 0 fully saturated rings. The van der Waals surface area contributed by atoms with Gasteiger partial charge in [0.1, 0.15) is 5.76 Å². The Labute approximate surface area is 142 Å². The van der Waals surface area contributed by atoms with Crippen molar-refractivity contribution in [1.82, 2.24) is 10.0 Å². The van der Waals surface area contributed by atoms with Crippen molar-refractivity contribution in [3.8, 4) is 0 Å². The number of hydrogen-bond acceptors (Lipinski definition) is 4. The van der Waals surface area contributed by atoms with Gasteiger partial charge in [0.15, 0.2) is 0 Å². The first-order valence-electron chi connectivity index (χ1n) is 7.12. The quantitative estimate of drug-likeness (QED) is 0.775.